The minimum absolute atomic E-state index is 0.393. The van der Waals surface area contributed by atoms with Crippen molar-refractivity contribution in [3.8, 4) is 6.07 Å². The fraction of sp³-hybridized carbons (Fsp3) is 0.423. The van der Waals surface area contributed by atoms with Crippen molar-refractivity contribution in [3.63, 3.8) is 0 Å². The molecule has 3 aromatic rings. The lowest BCUT2D eigenvalue weighted by atomic mass is 9.94. The zero-order valence-electron chi connectivity index (χ0n) is 19.2. The van der Waals surface area contributed by atoms with Crippen LogP contribution in [0.15, 0.2) is 48.8 Å². The Kier molecular flexibility index (Phi) is 6.38. The lowest BCUT2D eigenvalue weighted by Gasteiger charge is -2.38. The van der Waals surface area contributed by atoms with Crippen LogP contribution in [-0.4, -0.2) is 55.3 Å². The van der Waals surface area contributed by atoms with E-state index in [4.69, 9.17) is 0 Å². The normalized spacial score (nSPS) is 21.2. The lowest BCUT2D eigenvalue weighted by molar-refractivity contribution is 0.350. The maximum Gasteiger partial charge on any atom is 0.113 e. The summed E-state index contributed by atoms with van der Waals surface area (Å²) in [4.78, 5) is 13.8. The van der Waals surface area contributed by atoms with Crippen LogP contribution in [0, 0.1) is 17.2 Å². The average molecular weight is 442 g/mol. The fourth-order valence-corrected chi connectivity index (χ4v) is 5.09. The summed E-state index contributed by atoms with van der Waals surface area (Å²) in [5.74, 6) is 0.564. The summed E-state index contributed by atoms with van der Waals surface area (Å²) in [6.45, 7) is 9.32. The van der Waals surface area contributed by atoms with Gasteiger partial charge >= 0.3 is 0 Å². The van der Waals surface area contributed by atoms with Crippen molar-refractivity contribution < 1.29 is 0 Å². The van der Waals surface area contributed by atoms with Crippen molar-refractivity contribution in [2.75, 3.05) is 49.1 Å². The third-order valence-corrected chi connectivity index (χ3v) is 6.74. The van der Waals surface area contributed by atoms with Crippen LogP contribution in [0.25, 0.3) is 11.0 Å². The number of nitriles is 1. The van der Waals surface area contributed by atoms with Crippen LogP contribution in [0.1, 0.15) is 24.5 Å². The highest BCUT2D eigenvalue weighted by Crippen LogP contribution is 2.30. The number of anilines is 2. The molecule has 3 heterocycles. The van der Waals surface area contributed by atoms with Gasteiger partial charge < -0.3 is 20.4 Å². The highest BCUT2D eigenvalue weighted by Gasteiger charge is 2.26. The molecule has 2 aliphatic rings. The smallest absolute Gasteiger partial charge is 0.113 e. The van der Waals surface area contributed by atoms with Crippen LogP contribution in [0.4, 0.5) is 11.4 Å². The average Bonchev–Trinajstić information content (AvgIpc) is 2.87. The van der Waals surface area contributed by atoms with Crippen molar-refractivity contribution in [1.82, 2.24) is 20.6 Å². The third kappa shape index (κ3) is 4.77. The molecule has 0 amide bonds. The second kappa shape index (κ2) is 9.74. The van der Waals surface area contributed by atoms with Crippen LogP contribution < -0.4 is 20.4 Å². The van der Waals surface area contributed by atoms with E-state index in [1.54, 1.807) is 12.4 Å². The van der Waals surface area contributed by atoms with E-state index in [1.807, 2.05) is 12.1 Å². The van der Waals surface area contributed by atoms with E-state index < -0.39 is 0 Å². The topological polar surface area (TPSA) is 80.1 Å². The van der Waals surface area contributed by atoms with Crippen molar-refractivity contribution in [3.05, 3.63) is 59.9 Å². The van der Waals surface area contributed by atoms with Gasteiger partial charge in [-0.05, 0) is 42.2 Å². The molecule has 0 spiro atoms. The van der Waals surface area contributed by atoms with Gasteiger partial charge in [0.15, 0.2) is 0 Å². The molecule has 2 saturated heterocycles. The van der Waals surface area contributed by atoms with Crippen molar-refractivity contribution in [2.24, 2.45) is 5.92 Å². The first kappa shape index (κ1) is 21.6. The molecule has 2 atom stereocenters. The Labute approximate surface area is 195 Å². The van der Waals surface area contributed by atoms with E-state index >= 15 is 0 Å². The molecular weight excluding hydrogens is 410 g/mol. The Morgan fingerprint density at radius 3 is 2.52 bits per heavy atom. The summed E-state index contributed by atoms with van der Waals surface area (Å²) in [7, 11) is 0. The summed E-state index contributed by atoms with van der Waals surface area (Å²) >= 11 is 0. The number of nitrogens with zero attached hydrogens (tertiary/aromatic N) is 5. The van der Waals surface area contributed by atoms with Crippen LogP contribution in [-0.2, 0) is 6.54 Å². The third-order valence-electron chi connectivity index (χ3n) is 6.74. The Morgan fingerprint density at radius 2 is 1.76 bits per heavy atom. The molecular formula is C26H31N7. The number of hydrogen-bond acceptors (Lipinski definition) is 7. The van der Waals surface area contributed by atoms with Crippen LogP contribution >= 0.6 is 0 Å². The minimum atomic E-state index is 0.393. The first-order valence-electron chi connectivity index (χ1n) is 11.9. The van der Waals surface area contributed by atoms with Crippen molar-refractivity contribution in [2.45, 2.75) is 25.9 Å². The van der Waals surface area contributed by atoms with Gasteiger partial charge in [0.1, 0.15) is 17.1 Å². The molecule has 170 valence electrons. The summed E-state index contributed by atoms with van der Waals surface area (Å²) in [5, 5.41) is 16.6. The Bertz CT molecular complexity index is 1130. The van der Waals surface area contributed by atoms with Crippen molar-refractivity contribution >= 4 is 22.4 Å². The summed E-state index contributed by atoms with van der Waals surface area (Å²) < 4.78 is 0. The predicted octanol–water partition coefficient (Wildman–Crippen LogP) is 2.92. The first-order valence-corrected chi connectivity index (χ1v) is 11.9. The number of piperidine rings is 1. The highest BCUT2D eigenvalue weighted by molar-refractivity contribution is 5.92. The minimum Gasteiger partial charge on any atom is -0.369 e. The molecule has 2 aromatic carbocycles. The summed E-state index contributed by atoms with van der Waals surface area (Å²) in [6.07, 6.45) is 4.51. The lowest BCUT2D eigenvalue weighted by Crippen LogP contribution is -2.48. The number of hydrogen-bond donors (Lipinski definition) is 2. The van der Waals surface area contributed by atoms with E-state index in [1.165, 1.54) is 11.3 Å². The van der Waals surface area contributed by atoms with E-state index in [2.05, 4.69) is 67.7 Å². The number of aromatic nitrogens is 2. The summed E-state index contributed by atoms with van der Waals surface area (Å²) in [6, 6.07) is 15.5. The molecule has 2 aliphatic heterocycles. The first-order chi connectivity index (χ1) is 16.2. The quantitative estimate of drug-likeness (QED) is 0.630. The molecule has 7 heteroatoms. The Morgan fingerprint density at radius 1 is 1.00 bits per heavy atom. The van der Waals surface area contributed by atoms with Gasteiger partial charge in [0, 0.05) is 69.9 Å². The molecule has 33 heavy (non-hydrogen) atoms. The van der Waals surface area contributed by atoms with E-state index in [9.17, 15) is 5.26 Å². The molecule has 0 radical (unpaired) electrons. The zero-order chi connectivity index (χ0) is 22.6. The van der Waals surface area contributed by atoms with E-state index in [-0.39, 0.29) is 0 Å². The number of piperazine rings is 1. The molecule has 2 N–H and O–H groups in total. The second-order valence-electron chi connectivity index (χ2n) is 9.22. The van der Waals surface area contributed by atoms with Gasteiger partial charge in [0.25, 0.3) is 0 Å². The number of benzene rings is 2. The standard InChI is InChI=1S/C26H31N7/c1-19-14-22(31-16-20-2-5-23(6-3-20)32-12-10-28-11-13-32)18-33(17-19)24-7-4-21(15-27)25-26(24)30-9-8-29-25/h2-9,19,22,28,31H,10-14,16-18H2,1H3/t19-,22+/m0/s1. The van der Waals surface area contributed by atoms with E-state index in [0.29, 0.717) is 23.0 Å². The molecule has 0 saturated carbocycles. The van der Waals surface area contributed by atoms with Crippen molar-refractivity contribution in [1.29, 1.82) is 5.26 Å². The maximum absolute atomic E-state index is 9.44. The molecule has 5 rings (SSSR count). The molecule has 7 nitrogen and oxygen atoms in total. The van der Waals surface area contributed by atoms with Gasteiger partial charge in [-0.3, -0.25) is 9.97 Å². The SMILES string of the molecule is C[C@H]1C[C@@H](NCc2ccc(N3CCNCC3)cc2)CN(c2ccc(C#N)c3nccnc23)C1. The molecule has 2 fully saturated rings. The zero-order valence-corrected chi connectivity index (χ0v) is 19.2. The number of nitrogens with one attached hydrogen (secondary N) is 2. The molecule has 0 aliphatic carbocycles. The second-order valence-corrected chi connectivity index (χ2v) is 9.22. The molecule has 0 unspecified atom stereocenters. The number of rotatable bonds is 5. The molecule has 1 aromatic heterocycles. The van der Waals surface area contributed by atoms with Gasteiger partial charge in [-0.15, -0.1) is 0 Å². The number of fused-ring (bicyclic) bond motifs is 1. The largest absolute Gasteiger partial charge is 0.369 e. The van der Waals surface area contributed by atoms with E-state index in [0.717, 1.165) is 63.4 Å². The van der Waals surface area contributed by atoms with Gasteiger partial charge in [-0.25, -0.2) is 0 Å². The summed E-state index contributed by atoms with van der Waals surface area (Å²) in [5.41, 5.74) is 5.76. The van der Waals surface area contributed by atoms with Gasteiger partial charge in [-0.2, -0.15) is 5.26 Å². The van der Waals surface area contributed by atoms with Crippen LogP contribution in [0.5, 0.6) is 0 Å². The van der Waals surface area contributed by atoms with Crippen LogP contribution in [0.3, 0.4) is 0 Å². The van der Waals surface area contributed by atoms with Crippen LogP contribution in [0.2, 0.25) is 0 Å². The maximum atomic E-state index is 9.44. The monoisotopic (exact) mass is 441 g/mol. The Hall–Kier alpha value is -3.21. The van der Waals surface area contributed by atoms with Gasteiger partial charge in [0.2, 0.25) is 0 Å². The van der Waals surface area contributed by atoms with Gasteiger partial charge in [0.05, 0.1) is 11.3 Å². The predicted molar refractivity (Wildman–Crippen MR) is 132 cm³/mol. The van der Waals surface area contributed by atoms with Gasteiger partial charge in [-0.1, -0.05) is 19.1 Å². The Balaban J connectivity index is 1.26. The molecule has 0 bridgehead atoms. The fourth-order valence-electron chi connectivity index (χ4n) is 5.09. The highest BCUT2D eigenvalue weighted by atomic mass is 15.2.